The van der Waals surface area contributed by atoms with Crippen LogP contribution in [-0.2, 0) is 4.79 Å². The minimum absolute atomic E-state index is 0.00194. The number of nitrogens with two attached hydrogens (primary N) is 1. The van der Waals surface area contributed by atoms with Crippen LogP contribution >= 0.6 is 0 Å². The molecule has 0 saturated heterocycles. The molecule has 1 unspecified atom stereocenters. The second kappa shape index (κ2) is 3.97. The number of carbonyl (C=O) groups excluding carboxylic acids is 1. The van der Waals surface area contributed by atoms with Gasteiger partial charge >= 0.3 is 0 Å². The molecule has 78 valence electrons. The van der Waals surface area contributed by atoms with Gasteiger partial charge in [-0.3, -0.25) is 4.79 Å². The number of amides is 1. The lowest BCUT2D eigenvalue weighted by Gasteiger charge is -2.24. The number of nitrogens with zero attached hydrogens (tertiary/aromatic N) is 2. The van der Waals surface area contributed by atoms with E-state index in [0.717, 1.165) is 12.8 Å². The lowest BCUT2D eigenvalue weighted by atomic mass is 10.1. The van der Waals surface area contributed by atoms with Crippen LogP contribution in [0.4, 0.5) is 0 Å². The minimum atomic E-state index is -0.606. The Hall–Kier alpha value is -1.08. The Morgan fingerprint density at radius 1 is 1.71 bits per heavy atom. The average Bonchev–Trinajstić information content (AvgIpc) is 2.92. The Labute approximate surface area is 84.7 Å². The first-order valence-electron chi connectivity index (χ1n) is 5.01. The fourth-order valence-corrected chi connectivity index (χ4v) is 1.39. The van der Waals surface area contributed by atoms with Crippen LogP contribution in [0.5, 0.6) is 0 Å². The van der Waals surface area contributed by atoms with E-state index in [1.54, 1.807) is 4.90 Å². The summed E-state index contributed by atoms with van der Waals surface area (Å²) in [5.74, 6) is -0.122. The first kappa shape index (κ1) is 11.0. The zero-order valence-electron chi connectivity index (χ0n) is 8.79. The van der Waals surface area contributed by atoms with Crippen LogP contribution in [0.2, 0.25) is 0 Å². The molecule has 0 spiro atoms. The zero-order valence-corrected chi connectivity index (χ0v) is 8.79. The molecule has 0 bridgehead atoms. The van der Waals surface area contributed by atoms with E-state index >= 15 is 0 Å². The summed E-state index contributed by atoms with van der Waals surface area (Å²) in [5.41, 5.74) is 5.20. The van der Waals surface area contributed by atoms with Crippen LogP contribution in [0.1, 0.15) is 26.7 Å². The maximum atomic E-state index is 11.8. The number of hydrogen-bond donors (Lipinski definition) is 1. The Kier molecular flexibility index (Phi) is 3.12. The van der Waals surface area contributed by atoms with Gasteiger partial charge in [-0.1, -0.05) is 0 Å². The molecule has 1 atom stereocenters. The number of rotatable bonds is 4. The first-order chi connectivity index (χ1) is 6.53. The van der Waals surface area contributed by atoms with Gasteiger partial charge in [0.2, 0.25) is 5.91 Å². The standard InChI is InChI=1S/C10H17N3O/c1-3-13(7-8(2)6-11)9(14)10(12)4-5-10/h8H,3-5,7,12H2,1-2H3. The van der Waals surface area contributed by atoms with E-state index in [1.165, 1.54) is 0 Å². The third-order valence-corrected chi connectivity index (χ3v) is 2.60. The average molecular weight is 195 g/mol. The van der Waals surface area contributed by atoms with Gasteiger partial charge < -0.3 is 10.6 Å². The molecule has 1 aliphatic rings. The molecule has 4 heteroatoms. The zero-order chi connectivity index (χ0) is 10.8. The van der Waals surface area contributed by atoms with E-state index < -0.39 is 5.54 Å². The number of nitriles is 1. The predicted octanol–water partition coefficient (Wildman–Crippen LogP) is 0.486. The lowest BCUT2D eigenvalue weighted by Crippen LogP contribution is -2.46. The molecule has 0 radical (unpaired) electrons. The summed E-state index contributed by atoms with van der Waals surface area (Å²) in [6, 6.07) is 2.12. The Morgan fingerprint density at radius 2 is 2.29 bits per heavy atom. The van der Waals surface area contributed by atoms with Gasteiger partial charge in [-0.25, -0.2) is 0 Å². The van der Waals surface area contributed by atoms with Crippen LogP contribution in [-0.4, -0.2) is 29.4 Å². The molecule has 1 amide bonds. The molecule has 1 fully saturated rings. The summed E-state index contributed by atoms with van der Waals surface area (Å²) in [5, 5.41) is 8.66. The van der Waals surface area contributed by atoms with Gasteiger partial charge in [0.15, 0.2) is 0 Å². The second-order valence-corrected chi connectivity index (χ2v) is 4.03. The van der Waals surface area contributed by atoms with E-state index in [2.05, 4.69) is 6.07 Å². The van der Waals surface area contributed by atoms with Gasteiger partial charge in [-0.05, 0) is 26.7 Å². The fourth-order valence-electron chi connectivity index (χ4n) is 1.39. The molecule has 0 aromatic rings. The topological polar surface area (TPSA) is 70.1 Å². The molecule has 4 nitrogen and oxygen atoms in total. The maximum absolute atomic E-state index is 11.8. The highest BCUT2D eigenvalue weighted by molar-refractivity contribution is 5.89. The van der Waals surface area contributed by atoms with Gasteiger partial charge in [0, 0.05) is 13.1 Å². The van der Waals surface area contributed by atoms with Crippen molar-refractivity contribution >= 4 is 5.91 Å². The highest BCUT2D eigenvalue weighted by Crippen LogP contribution is 2.34. The molecule has 1 aliphatic carbocycles. The van der Waals surface area contributed by atoms with Gasteiger partial charge in [-0.15, -0.1) is 0 Å². The van der Waals surface area contributed by atoms with Crippen molar-refractivity contribution in [3.05, 3.63) is 0 Å². The van der Waals surface area contributed by atoms with Crippen LogP contribution in [0.25, 0.3) is 0 Å². The summed E-state index contributed by atoms with van der Waals surface area (Å²) in [4.78, 5) is 13.5. The molecule has 2 N–H and O–H groups in total. The van der Waals surface area contributed by atoms with Gasteiger partial charge in [-0.2, -0.15) is 5.26 Å². The van der Waals surface area contributed by atoms with Crippen molar-refractivity contribution in [2.75, 3.05) is 13.1 Å². The molecule has 1 saturated carbocycles. The predicted molar refractivity (Wildman–Crippen MR) is 53.2 cm³/mol. The molecule has 0 aromatic carbocycles. The van der Waals surface area contributed by atoms with Crippen molar-refractivity contribution < 1.29 is 4.79 Å². The second-order valence-electron chi connectivity index (χ2n) is 4.03. The van der Waals surface area contributed by atoms with Crippen molar-refractivity contribution in [2.45, 2.75) is 32.2 Å². The van der Waals surface area contributed by atoms with Crippen LogP contribution in [0, 0.1) is 17.2 Å². The summed E-state index contributed by atoms with van der Waals surface area (Å²) >= 11 is 0. The molecular weight excluding hydrogens is 178 g/mol. The Morgan fingerprint density at radius 3 is 2.64 bits per heavy atom. The quantitative estimate of drug-likeness (QED) is 0.709. The van der Waals surface area contributed by atoms with Crippen LogP contribution < -0.4 is 5.73 Å². The Balaban J connectivity index is 2.54. The van der Waals surface area contributed by atoms with Crippen molar-refractivity contribution in [3.8, 4) is 6.07 Å². The van der Waals surface area contributed by atoms with E-state index in [0.29, 0.717) is 13.1 Å². The SMILES string of the molecule is CCN(CC(C)C#N)C(=O)C1(N)CC1. The first-order valence-corrected chi connectivity index (χ1v) is 5.01. The summed E-state index contributed by atoms with van der Waals surface area (Å²) in [6.45, 7) is 4.84. The number of likely N-dealkylation sites (N-methyl/N-ethyl adjacent to an activating group) is 1. The minimum Gasteiger partial charge on any atom is -0.340 e. The monoisotopic (exact) mass is 195 g/mol. The van der Waals surface area contributed by atoms with E-state index in [-0.39, 0.29) is 11.8 Å². The summed E-state index contributed by atoms with van der Waals surface area (Å²) in [6.07, 6.45) is 1.56. The van der Waals surface area contributed by atoms with E-state index in [4.69, 9.17) is 11.0 Å². The summed E-state index contributed by atoms with van der Waals surface area (Å²) in [7, 11) is 0. The maximum Gasteiger partial charge on any atom is 0.242 e. The van der Waals surface area contributed by atoms with Crippen molar-refractivity contribution in [3.63, 3.8) is 0 Å². The van der Waals surface area contributed by atoms with Crippen molar-refractivity contribution in [1.82, 2.24) is 4.90 Å². The van der Waals surface area contributed by atoms with Crippen LogP contribution in [0.15, 0.2) is 0 Å². The smallest absolute Gasteiger partial charge is 0.242 e. The molecule has 0 heterocycles. The number of carbonyl (C=O) groups is 1. The normalized spacial score (nSPS) is 19.6. The molecule has 0 aliphatic heterocycles. The third-order valence-electron chi connectivity index (χ3n) is 2.60. The highest BCUT2D eigenvalue weighted by Gasteiger charge is 2.47. The Bertz CT molecular complexity index is 265. The largest absolute Gasteiger partial charge is 0.340 e. The lowest BCUT2D eigenvalue weighted by molar-refractivity contribution is -0.133. The molecular formula is C10H17N3O. The molecule has 1 rings (SSSR count). The van der Waals surface area contributed by atoms with Crippen molar-refractivity contribution in [1.29, 1.82) is 5.26 Å². The third kappa shape index (κ3) is 2.24. The van der Waals surface area contributed by atoms with E-state index in [9.17, 15) is 4.79 Å². The van der Waals surface area contributed by atoms with E-state index in [1.807, 2.05) is 13.8 Å². The molecule has 14 heavy (non-hydrogen) atoms. The van der Waals surface area contributed by atoms with Gasteiger partial charge in [0.05, 0.1) is 17.5 Å². The highest BCUT2D eigenvalue weighted by atomic mass is 16.2. The summed E-state index contributed by atoms with van der Waals surface area (Å²) < 4.78 is 0. The fraction of sp³-hybridized carbons (Fsp3) is 0.800. The molecule has 0 aromatic heterocycles. The van der Waals surface area contributed by atoms with Gasteiger partial charge in [0.25, 0.3) is 0 Å². The van der Waals surface area contributed by atoms with Crippen molar-refractivity contribution in [2.24, 2.45) is 11.7 Å². The van der Waals surface area contributed by atoms with Crippen LogP contribution in [0.3, 0.4) is 0 Å². The number of hydrogen-bond acceptors (Lipinski definition) is 3. The van der Waals surface area contributed by atoms with Gasteiger partial charge in [0.1, 0.15) is 0 Å².